The van der Waals surface area contributed by atoms with Gasteiger partial charge in [-0.15, -0.1) is 0 Å². The highest BCUT2D eigenvalue weighted by Crippen LogP contribution is 2.46. The van der Waals surface area contributed by atoms with E-state index in [9.17, 15) is 4.79 Å². The first-order valence-electron chi connectivity index (χ1n) is 10.1. The Morgan fingerprint density at radius 1 is 1.29 bits per heavy atom. The highest BCUT2D eigenvalue weighted by atomic mass is 28.4. The van der Waals surface area contributed by atoms with Crippen LogP contribution in [-0.2, 0) is 9.16 Å². The highest BCUT2D eigenvalue weighted by Gasteiger charge is 2.50. The minimum Gasteiger partial charge on any atom is -0.442 e. The molecule has 1 aromatic rings. The van der Waals surface area contributed by atoms with Crippen LogP contribution in [0.4, 0.5) is 16.2 Å². The van der Waals surface area contributed by atoms with Crippen LogP contribution in [0.2, 0.25) is 18.1 Å². The molecule has 0 radical (unpaired) electrons. The Bertz CT molecular complexity index is 718. The molecule has 0 bridgehead atoms. The monoisotopic (exact) mass is 406 g/mol. The van der Waals surface area contributed by atoms with Gasteiger partial charge in [0.15, 0.2) is 8.32 Å². The number of anilines is 2. The molecule has 0 unspecified atom stereocenters. The molecule has 3 atom stereocenters. The lowest BCUT2D eigenvalue weighted by Gasteiger charge is -2.48. The number of carbonyl (C=O) groups excluding carboxylic acids is 1. The Morgan fingerprint density at radius 3 is 2.50 bits per heavy atom. The first-order valence-corrected chi connectivity index (χ1v) is 13.0. The molecule has 0 spiro atoms. The van der Waals surface area contributed by atoms with Crippen LogP contribution in [0, 0.1) is 11.8 Å². The molecule has 4 N–H and O–H groups in total. The fraction of sp³-hybridized carbons (Fsp3) is 0.700. The number of hydrogen-bond acceptors (Lipinski definition) is 6. The average molecular weight is 407 g/mol. The number of nitrogens with two attached hydrogens (primary N) is 2. The molecule has 0 aromatic carbocycles. The van der Waals surface area contributed by atoms with Gasteiger partial charge in [0.2, 0.25) is 0 Å². The van der Waals surface area contributed by atoms with Crippen molar-refractivity contribution in [2.24, 2.45) is 17.6 Å². The van der Waals surface area contributed by atoms with Gasteiger partial charge in [-0.25, -0.2) is 4.79 Å². The van der Waals surface area contributed by atoms with Crippen LogP contribution in [-0.4, -0.2) is 44.7 Å². The SMILES string of the molecule is CC(C)(C)[Si](C)(C)O[C@@H]1[C@@H](C2CC2)CN(c2ccncc2N)C[C@H]1OC(N)=O. The van der Waals surface area contributed by atoms with Gasteiger partial charge < -0.3 is 25.5 Å². The zero-order valence-electron chi connectivity index (χ0n) is 17.6. The number of ether oxygens (including phenoxy) is 1. The third kappa shape index (κ3) is 4.43. The molecular formula is C20H34N4O3Si. The van der Waals surface area contributed by atoms with Crippen molar-refractivity contribution >= 4 is 25.8 Å². The van der Waals surface area contributed by atoms with Gasteiger partial charge in [0.25, 0.3) is 0 Å². The van der Waals surface area contributed by atoms with Gasteiger partial charge in [-0.05, 0) is 43.0 Å². The van der Waals surface area contributed by atoms with E-state index in [0.717, 1.165) is 12.2 Å². The van der Waals surface area contributed by atoms with E-state index in [1.807, 2.05) is 6.07 Å². The van der Waals surface area contributed by atoms with Crippen LogP contribution in [0.25, 0.3) is 0 Å². The number of amides is 1. The summed E-state index contributed by atoms with van der Waals surface area (Å²) in [5.74, 6) is 0.861. The van der Waals surface area contributed by atoms with E-state index < -0.39 is 20.5 Å². The van der Waals surface area contributed by atoms with E-state index >= 15 is 0 Å². The summed E-state index contributed by atoms with van der Waals surface area (Å²) < 4.78 is 12.4. The molecule has 28 heavy (non-hydrogen) atoms. The number of nitrogen functional groups attached to an aromatic ring is 1. The average Bonchev–Trinajstić information content (AvgIpc) is 3.40. The van der Waals surface area contributed by atoms with Gasteiger partial charge >= 0.3 is 6.09 Å². The Morgan fingerprint density at radius 2 is 1.96 bits per heavy atom. The van der Waals surface area contributed by atoms with Crippen LogP contribution in [0.15, 0.2) is 18.5 Å². The zero-order valence-corrected chi connectivity index (χ0v) is 18.6. The molecule has 8 heteroatoms. The maximum absolute atomic E-state index is 11.7. The number of piperidine rings is 1. The van der Waals surface area contributed by atoms with E-state index in [1.54, 1.807) is 12.4 Å². The van der Waals surface area contributed by atoms with Crippen molar-refractivity contribution in [2.45, 2.75) is 64.0 Å². The summed E-state index contributed by atoms with van der Waals surface area (Å²) in [4.78, 5) is 18.0. The Labute approximate surface area is 168 Å². The first kappa shape index (κ1) is 20.9. The Balaban J connectivity index is 1.91. The van der Waals surface area contributed by atoms with Crippen molar-refractivity contribution in [3.05, 3.63) is 18.5 Å². The van der Waals surface area contributed by atoms with Crippen LogP contribution < -0.4 is 16.4 Å². The lowest BCUT2D eigenvalue weighted by molar-refractivity contribution is -0.0311. The zero-order chi connectivity index (χ0) is 20.7. The second-order valence-electron chi connectivity index (χ2n) is 9.66. The highest BCUT2D eigenvalue weighted by molar-refractivity contribution is 6.74. The van der Waals surface area contributed by atoms with E-state index in [4.69, 9.17) is 20.6 Å². The minimum atomic E-state index is -2.04. The Hall–Kier alpha value is -1.80. The van der Waals surface area contributed by atoms with Crippen LogP contribution in [0.3, 0.4) is 0 Å². The molecule has 7 nitrogen and oxygen atoms in total. The van der Waals surface area contributed by atoms with Crippen molar-refractivity contribution in [1.82, 2.24) is 4.98 Å². The molecule has 1 amide bonds. The predicted molar refractivity (Wildman–Crippen MR) is 114 cm³/mol. The van der Waals surface area contributed by atoms with Gasteiger partial charge in [0, 0.05) is 18.7 Å². The molecule has 2 aliphatic rings. The summed E-state index contributed by atoms with van der Waals surface area (Å²) in [5.41, 5.74) is 13.1. The van der Waals surface area contributed by atoms with Crippen LogP contribution >= 0.6 is 0 Å². The summed E-state index contributed by atoms with van der Waals surface area (Å²) in [6.45, 7) is 12.5. The molecule has 2 fully saturated rings. The number of nitrogens with zero attached hydrogens (tertiary/aromatic N) is 2. The standard InChI is InChI=1S/C20H34N4O3Si/c1-20(2,3)28(4,5)27-18-14(13-6-7-13)11-24(12-17(18)26-19(22)25)16-8-9-23-10-15(16)21/h8-10,13-14,17-18H,6-7,11-12,21H2,1-5H3,(H2,22,25)/t14-,17-,18-/m1/s1. The summed E-state index contributed by atoms with van der Waals surface area (Å²) in [7, 11) is -2.04. The van der Waals surface area contributed by atoms with Crippen molar-refractivity contribution in [3.8, 4) is 0 Å². The number of rotatable bonds is 5. The molecule has 1 aliphatic heterocycles. The first-order chi connectivity index (χ1) is 13.0. The number of carbonyl (C=O) groups is 1. The van der Waals surface area contributed by atoms with Crippen LogP contribution in [0.1, 0.15) is 33.6 Å². The maximum Gasteiger partial charge on any atom is 0.404 e. The second-order valence-corrected chi connectivity index (χ2v) is 14.4. The lowest BCUT2D eigenvalue weighted by Crippen LogP contribution is -2.60. The van der Waals surface area contributed by atoms with E-state index in [2.05, 4.69) is 43.7 Å². The van der Waals surface area contributed by atoms with E-state index in [0.29, 0.717) is 18.2 Å². The molecule has 1 aliphatic carbocycles. The van der Waals surface area contributed by atoms with Crippen molar-refractivity contribution < 1.29 is 14.0 Å². The molecule has 1 aromatic heterocycles. The largest absolute Gasteiger partial charge is 0.442 e. The third-order valence-corrected chi connectivity index (χ3v) is 11.0. The third-order valence-electron chi connectivity index (χ3n) is 6.52. The summed E-state index contributed by atoms with van der Waals surface area (Å²) in [6, 6.07) is 1.91. The maximum atomic E-state index is 11.7. The van der Waals surface area contributed by atoms with Gasteiger partial charge in [-0.3, -0.25) is 4.98 Å². The van der Waals surface area contributed by atoms with Crippen molar-refractivity contribution in [3.63, 3.8) is 0 Å². The fourth-order valence-electron chi connectivity index (χ4n) is 3.79. The van der Waals surface area contributed by atoms with Crippen LogP contribution in [0.5, 0.6) is 0 Å². The lowest BCUT2D eigenvalue weighted by atomic mass is 9.88. The summed E-state index contributed by atoms with van der Waals surface area (Å²) in [5, 5.41) is 0.0744. The molecule has 3 rings (SSSR count). The quantitative estimate of drug-likeness (QED) is 0.727. The summed E-state index contributed by atoms with van der Waals surface area (Å²) in [6.07, 6.45) is 4.45. The normalized spacial score (nSPS) is 26.2. The number of primary amides is 1. The molecule has 2 heterocycles. The van der Waals surface area contributed by atoms with Crippen molar-refractivity contribution in [1.29, 1.82) is 0 Å². The van der Waals surface area contributed by atoms with E-state index in [1.165, 1.54) is 12.8 Å². The number of pyridine rings is 1. The predicted octanol–water partition coefficient (Wildman–Crippen LogP) is 3.36. The minimum absolute atomic E-state index is 0.0744. The second kappa shape index (κ2) is 7.55. The molecular weight excluding hydrogens is 372 g/mol. The Kier molecular flexibility index (Phi) is 5.64. The molecule has 156 valence electrons. The van der Waals surface area contributed by atoms with Crippen molar-refractivity contribution in [2.75, 3.05) is 23.7 Å². The van der Waals surface area contributed by atoms with Gasteiger partial charge in [0.05, 0.1) is 30.2 Å². The topological polar surface area (TPSA) is 104 Å². The van der Waals surface area contributed by atoms with Gasteiger partial charge in [0.1, 0.15) is 6.10 Å². The van der Waals surface area contributed by atoms with Gasteiger partial charge in [-0.2, -0.15) is 0 Å². The van der Waals surface area contributed by atoms with E-state index in [-0.39, 0.29) is 17.1 Å². The number of hydrogen-bond donors (Lipinski definition) is 2. The number of aromatic nitrogens is 1. The fourth-order valence-corrected chi connectivity index (χ4v) is 5.15. The van der Waals surface area contributed by atoms with Gasteiger partial charge in [-0.1, -0.05) is 20.8 Å². The molecule has 1 saturated carbocycles. The smallest absolute Gasteiger partial charge is 0.404 e. The molecule has 1 saturated heterocycles. The summed E-state index contributed by atoms with van der Waals surface area (Å²) >= 11 is 0.